The smallest absolute Gasteiger partial charge is 0.269 e. The summed E-state index contributed by atoms with van der Waals surface area (Å²) in [7, 11) is 0. The normalized spacial score (nSPS) is 10.5. The highest BCUT2D eigenvalue weighted by Gasteiger charge is 2.17. The van der Waals surface area contributed by atoms with E-state index in [2.05, 4.69) is 27.4 Å². The minimum absolute atomic E-state index is 0.0259. The van der Waals surface area contributed by atoms with Gasteiger partial charge in [0.25, 0.3) is 5.69 Å². The Hall–Kier alpha value is -3.70. The first-order valence-electron chi connectivity index (χ1n) is 10.0. The van der Waals surface area contributed by atoms with Crippen LogP contribution in [0.5, 0.6) is 0 Å². The Morgan fingerprint density at radius 1 is 1.15 bits per heavy atom. The molecule has 0 saturated carbocycles. The predicted octanol–water partition coefficient (Wildman–Crippen LogP) is 4.25. The Balaban J connectivity index is 1.60. The topological polar surface area (TPSA) is 132 Å². The Bertz CT molecular complexity index is 1230. The lowest BCUT2D eigenvalue weighted by atomic mass is 10.2. The van der Waals surface area contributed by atoms with Crippen molar-refractivity contribution in [3.05, 3.63) is 81.6 Å². The summed E-state index contributed by atoms with van der Waals surface area (Å²) in [6, 6.07) is 10.8. The van der Waals surface area contributed by atoms with Gasteiger partial charge in [0.2, 0.25) is 11.8 Å². The molecule has 0 aliphatic carbocycles. The van der Waals surface area contributed by atoms with E-state index in [9.17, 15) is 19.7 Å². The molecule has 0 aliphatic rings. The number of allylic oxidation sites excluding steroid dienone is 1. The average Bonchev–Trinajstić information content (AvgIpc) is 3.16. The molecule has 2 aromatic carbocycles. The van der Waals surface area contributed by atoms with Gasteiger partial charge in [-0.25, -0.2) is 0 Å². The maximum atomic E-state index is 12.5. The Morgan fingerprint density at radius 3 is 2.47 bits per heavy atom. The van der Waals surface area contributed by atoms with Crippen LogP contribution in [0.4, 0.5) is 17.1 Å². The van der Waals surface area contributed by atoms with Gasteiger partial charge in [0.1, 0.15) is 5.82 Å². The van der Waals surface area contributed by atoms with Gasteiger partial charge in [-0.1, -0.05) is 35.5 Å². The molecule has 0 saturated heterocycles. The molecule has 0 aliphatic heterocycles. The minimum atomic E-state index is -0.512. The molecular weight excluding hydrogens is 480 g/mol. The molecule has 0 spiro atoms. The van der Waals surface area contributed by atoms with E-state index in [-0.39, 0.29) is 29.7 Å². The number of halogens is 1. The Kier molecular flexibility index (Phi) is 8.39. The third kappa shape index (κ3) is 6.65. The van der Waals surface area contributed by atoms with Crippen LogP contribution in [-0.4, -0.2) is 37.3 Å². The quantitative estimate of drug-likeness (QED) is 0.184. The second-order valence-corrected chi connectivity index (χ2v) is 8.48. The van der Waals surface area contributed by atoms with Crippen LogP contribution in [-0.2, 0) is 22.6 Å². The maximum Gasteiger partial charge on any atom is 0.269 e. The van der Waals surface area contributed by atoms with Gasteiger partial charge in [0.05, 0.1) is 17.1 Å². The molecule has 34 heavy (non-hydrogen) atoms. The number of rotatable bonds is 10. The van der Waals surface area contributed by atoms with Gasteiger partial charge < -0.3 is 15.2 Å². The SMILES string of the molecule is C=CCn1c(CC(=O)Nc2ccc(C)c(Cl)c2)nnc1SCC(=O)Nc1ccc([N+](=O)[O-])cc1. The van der Waals surface area contributed by atoms with Gasteiger partial charge in [-0.3, -0.25) is 19.7 Å². The number of amides is 2. The van der Waals surface area contributed by atoms with Gasteiger partial charge in [0.15, 0.2) is 5.16 Å². The number of nitrogens with zero attached hydrogens (tertiary/aromatic N) is 4. The standard InChI is InChI=1S/C22H21ClN6O4S/c1-3-10-28-19(12-20(30)25-16-5-4-14(2)18(23)11-16)26-27-22(28)34-13-21(31)24-15-6-8-17(9-7-15)29(32)33/h3-9,11H,1,10,12-13H2,2H3,(H,24,31)(H,25,30). The number of hydrogen-bond donors (Lipinski definition) is 2. The largest absolute Gasteiger partial charge is 0.326 e. The number of aryl methyl sites for hydroxylation is 1. The molecule has 3 aromatic rings. The van der Waals surface area contributed by atoms with Crippen LogP contribution in [0.15, 0.2) is 60.3 Å². The number of carbonyl (C=O) groups excluding carboxylic acids is 2. The minimum Gasteiger partial charge on any atom is -0.326 e. The summed E-state index contributed by atoms with van der Waals surface area (Å²) in [5.74, 6) is -0.151. The predicted molar refractivity (Wildman–Crippen MR) is 131 cm³/mol. The number of nitrogens with one attached hydrogen (secondary N) is 2. The van der Waals surface area contributed by atoms with E-state index >= 15 is 0 Å². The van der Waals surface area contributed by atoms with Gasteiger partial charge in [-0.2, -0.15) is 0 Å². The lowest BCUT2D eigenvalue weighted by molar-refractivity contribution is -0.384. The number of anilines is 2. The van der Waals surface area contributed by atoms with Crippen molar-refractivity contribution in [2.75, 3.05) is 16.4 Å². The van der Waals surface area contributed by atoms with Gasteiger partial charge in [-0.05, 0) is 36.8 Å². The van der Waals surface area contributed by atoms with Crippen molar-refractivity contribution in [2.45, 2.75) is 25.0 Å². The van der Waals surface area contributed by atoms with Crippen molar-refractivity contribution in [1.29, 1.82) is 0 Å². The van der Waals surface area contributed by atoms with Crippen molar-refractivity contribution in [3.8, 4) is 0 Å². The number of non-ortho nitro benzene ring substituents is 1. The molecule has 0 fully saturated rings. The molecule has 10 nitrogen and oxygen atoms in total. The van der Waals surface area contributed by atoms with E-state index in [1.807, 2.05) is 13.0 Å². The molecule has 3 rings (SSSR count). The van der Waals surface area contributed by atoms with E-state index in [1.54, 1.807) is 22.8 Å². The van der Waals surface area contributed by atoms with E-state index in [4.69, 9.17) is 11.6 Å². The van der Waals surface area contributed by atoms with E-state index in [1.165, 1.54) is 24.3 Å². The van der Waals surface area contributed by atoms with E-state index in [0.29, 0.717) is 33.9 Å². The molecule has 0 radical (unpaired) electrons. The second-order valence-electron chi connectivity index (χ2n) is 7.13. The maximum absolute atomic E-state index is 12.5. The van der Waals surface area contributed by atoms with Crippen LogP contribution in [0.1, 0.15) is 11.4 Å². The number of nitro benzene ring substituents is 1. The molecule has 0 unspecified atom stereocenters. The summed E-state index contributed by atoms with van der Waals surface area (Å²) < 4.78 is 1.71. The zero-order chi connectivity index (χ0) is 24.7. The van der Waals surface area contributed by atoms with Crippen LogP contribution >= 0.6 is 23.4 Å². The number of benzene rings is 2. The van der Waals surface area contributed by atoms with Crippen molar-refractivity contribution < 1.29 is 14.5 Å². The second kappa shape index (κ2) is 11.4. The summed E-state index contributed by atoms with van der Waals surface area (Å²) in [6.07, 6.45) is 1.62. The molecule has 176 valence electrons. The highest BCUT2D eigenvalue weighted by atomic mass is 35.5. The van der Waals surface area contributed by atoms with Crippen LogP contribution in [0.3, 0.4) is 0 Å². The lowest BCUT2D eigenvalue weighted by Gasteiger charge is -2.09. The fraction of sp³-hybridized carbons (Fsp3) is 0.182. The molecule has 1 aromatic heterocycles. The summed E-state index contributed by atoms with van der Waals surface area (Å²) in [5.41, 5.74) is 1.86. The number of aromatic nitrogens is 3. The average molecular weight is 501 g/mol. The molecule has 0 atom stereocenters. The van der Waals surface area contributed by atoms with Crippen molar-refractivity contribution in [3.63, 3.8) is 0 Å². The summed E-state index contributed by atoms with van der Waals surface area (Å²) >= 11 is 7.26. The monoisotopic (exact) mass is 500 g/mol. The van der Waals surface area contributed by atoms with Crippen molar-refractivity contribution in [1.82, 2.24) is 14.8 Å². The summed E-state index contributed by atoms with van der Waals surface area (Å²) in [6.45, 7) is 5.96. The number of carbonyl (C=O) groups is 2. The molecule has 12 heteroatoms. The third-order valence-electron chi connectivity index (χ3n) is 4.57. The summed E-state index contributed by atoms with van der Waals surface area (Å²) in [4.78, 5) is 35.0. The fourth-order valence-electron chi connectivity index (χ4n) is 2.88. The molecule has 2 amide bonds. The first-order chi connectivity index (χ1) is 16.3. The van der Waals surface area contributed by atoms with E-state index < -0.39 is 4.92 Å². The highest BCUT2D eigenvalue weighted by molar-refractivity contribution is 7.99. The molecule has 0 bridgehead atoms. The number of nitro groups is 1. The van der Waals surface area contributed by atoms with Gasteiger partial charge in [-0.15, -0.1) is 16.8 Å². The Morgan fingerprint density at radius 2 is 1.82 bits per heavy atom. The van der Waals surface area contributed by atoms with Crippen LogP contribution in [0.2, 0.25) is 5.02 Å². The Labute approximate surface area is 204 Å². The number of thioether (sulfide) groups is 1. The molecule has 2 N–H and O–H groups in total. The highest BCUT2D eigenvalue weighted by Crippen LogP contribution is 2.22. The third-order valence-corrected chi connectivity index (χ3v) is 5.95. The van der Waals surface area contributed by atoms with Crippen molar-refractivity contribution >= 4 is 52.2 Å². The fourth-order valence-corrected chi connectivity index (χ4v) is 3.83. The van der Waals surface area contributed by atoms with Crippen molar-refractivity contribution in [2.24, 2.45) is 0 Å². The van der Waals surface area contributed by atoms with Crippen LogP contribution < -0.4 is 10.6 Å². The van der Waals surface area contributed by atoms with E-state index in [0.717, 1.165) is 17.3 Å². The van der Waals surface area contributed by atoms with Crippen LogP contribution in [0.25, 0.3) is 0 Å². The van der Waals surface area contributed by atoms with Crippen LogP contribution in [0, 0.1) is 17.0 Å². The lowest BCUT2D eigenvalue weighted by Crippen LogP contribution is -2.18. The molecule has 1 heterocycles. The summed E-state index contributed by atoms with van der Waals surface area (Å²) in [5, 5.41) is 25.4. The van der Waals surface area contributed by atoms with Gasteiger partial charge in [0, 0.05) is 35.1 Å². The zero-order valence-electron chi connectivity index (χ0n) is 18.2. The molecular formula is C22H21ClN6O4S. The van der Waals surface area contributed by atoms with Gasteiger partial charge >= 0.3 is 0 Å². The zero-order valence-corrected chi connectivity index (χ0v) is 19.7. The first-order valence-corrected chi connectivity index (χ1v) is 11.4. The first kappa shape index (κ1) is 24.9. The number of hydrogen-bond acceptors (Lipinski definition) is 7.